The number of carbonyl (C=O) groups excluding carboxylic acids is 3. The molecule has 0 spiro atoms. The van der Waals surface area contributed by atoms with Crippen LogP contribution in [-0.4, -0.2) is 37.5 Å². The summed E-state index contributed by atoms with van der Waals surface area (Å²) in [6, 6.07) is 36.8. The molecule has 5 aromatic rings. The topological polar surface area (TPSA) is 88.2 Å². The smallest absolute Gasteiger partial charge is 0.335 e. The van der Waals surface area contributed by atoms with Gasteiger partial charge in [-0.2, -0.15) is 0 Å². The van der Waals surface area contributed by atoms with Crippen LogP contribution in [0.25, 0.3) is 6.08 Å². The highest BCUT2D eigenvalue weighted by Crippen LogP contribution is 2.50. The second-order valence-corrected chi connectivity index (χ2v) is 13.9. The van der Waals surface area contributed by atoms with Crippen LogP contribution in [0.4, 0.5) is 16.2 Å². The summed E-state index contributed by atoms with van der Waals surface area (Å²) in [6.45, 7) is 4.28. The highest BCUT2D eigenvalue weighted by molar-refractivity contribution is 6.39. The number of rotatable bonds is 9. The zero-order valence-corrected chi connectivity index (χ0v) is 30.0. The van der Waals surface area contributed by atoms with E-state index in [1.165, 1.54) is 22.9 Å². The monoisotopic (exact) mass is 723 g/mol. The second-order valence-electron chi connectivity index (χ2n) is 13.5. The van der Waals surface area contributed by atoms with E-state index in [-0.39, 0.29) is 29.0 Å². The van der Waals surface area contributed by atoms with E-state index in [1.807, 2.05) is 85.8 Å². The Morgan fingerprint density at radius 3 is 1.94 bits per heavy atom. The average Bonchev–Trinajstić information content (AvgIpc) is 3.17. The molecule has 53 heavy (non-hydrogen) atoms. The number of barbiturate groups is 1. The molecule has 1 fully saturated rings. The van der Waals surface area contributed by atoms with Crippen molar-refractivity contribution in [2.45, 2.75) is 38.2 Å². The van der Waals surface area contributed by atoms with Crippen molar-refractivity contribution in [2.24, 2.45) is 0 Å². The summed E-state index contributed by atoms with van der Waals surface area (Å²) in [5.41, 5.74) is 7.28. The molecule has 0 saturated carbocycles. The molecule has 0 radical (unpaired) electrons. The van der Waals surface area contributed by atoms with Gasteiger partial charge in [0.05, 0.1) is 17.3 Å². The first-order chi connectivity index (χ1) is 25.9. The van der Waals surface area contributed by atoms with Crippen LogP contribution in [0.3, 0.4) is 0 Å². The maximum absolute atomic E-state index is 14.4. The number of amides is 4. The van der Waals surface area contributed by atoms with E-state index in [9.17, 15) is 14.4 Å². The number of anilines is 2. The van der Waals surface area contributed by atoms with Crippen LogP contribution in [0.1, 0.15) is 65.0 Å². The number of hydrogen-bond donors (Lipinski definition) is 1. The third kappa shape index (κ3) is 6.66. The fraction of sp³-hybridized carbons (Fsp3) is 0.205. The molecule has 8 nitrogen and oxygen atoms in total. The number of hydrogen-bond acceptors (Lipinski definition) is 6. The first-order valence-electron chi connectivity index (χ1n) is 18.0. The van der Waals surface area contributed by atoms with Crippen LogP contribution in [0.15, 0.2) is 121 Å². The molecule has 1 saturated heterocycles. The van der Waals surface area contributed by atoms with E-state index in [4.69, 9.17) is 21.1 Å². The molecule has 0 bridgehead atoms. The van der Waals surface area contributed by atoms with E-state index in [0.29, 0.717) is 29.4 Å². The van der Waals surface area contributed by atoms with Gasteiger partial charge in [0.15, 0.2) is 11.5 Å². The molecule has 0 aliphatic carbocycles. The number of carbonyl (C=O) groups is 3. The number of ether oxygens (including phenoxy) is 2. The molecule has 3 aliphatic rings. The van der Waals surface area contributed by atoms with Gasteiger partial charge in [0.1, 0.15) is 12.2 Å². The quantitative estimate of drug-likeness (QED) is 0.121. The third-order valence-electron chi connectivity index (χ3n) is 10.2. The largest absolute Gasteiger partial charge is 0.490 e. The van der Waals surface area contributed by atoms with Gasteiger partial charge in [-0.05, 0) is 83.5 Å². The Kier molecular flexibility index (Phi) is 9.46. The van der Waals surface area contributed by atoms with Crippen molar-refractivity contribution in [3.8, 4) is 11.5 Å². The Hall–Kier alpha value is -5.86. The zero-order chi connectivity index (χ0) is 36.5. The summed E-state index contributed by atoms with van der Waals surface area (Å²) in [5, 5.41) is 2.68. The summed E-state index contributed by atoms with van der Waals surface area (Å²) in [4.78, 5) is 44.9. The number of imide groups is 2. The van der Waals surface area contributed by atoms with Crippen LogP contribution < -0.4 is 24.6 Å². The maximum Gasteiger partial charge on any atom is 0.335 e. The standard InChI is InChI=1S/C44H38ClN3O5/c1-2-52-39-24-29(23-38(45)41(39)53-27-28-12-6-3-7-13-28)22-37-42(49)46-44(51)48(43(37)50)32-25-35-33(30-14-8-4-9-15-30)18-20-47-21-19-34(36(26-32)40(35)47)31-16-10-5-11-17-31/h3-17,22-26,33-34H,2,18-21,27H2,1H3,(H,46,49,51)/b37-22+/t33-,34-/m0/s1. The SMILES string of the molecule is CCOc1cc(/C=C2\C(=O)NC(=O)N(c3cc4c5c(c3)[C@H](c3ccccc3)CCN5CC[C@H]4c3ccccc3)C2=O)cc(Cl)c1OCc1ccccc1. The Morgan fingerprint density at radius 2 is 1.36 bits per heavy atom. The molecular weight excluding hydrogens is 686 g/mol. The minimum atomic E-state index is -0.794. The van der Waals surface area contributed by atoms with Crippen molar-refractivity contribution in [3.63, 3.8) is 0 Å². The first-order valence-corrected chi connectivity index (χ1v) is 18.3. The Bertz CT molecular complexity index is 2150. The van der Waals surface area contributed by atoms with Gasteiger partial charge < -0.3 is 14.4 Å². The summed E-state index contributed by atoms with van der Waals surface area (Å²) in [6.07, 6.45) is 3.23. The van der Waals surface area contributed by atoms with Crippen molar-refractivity contribution >= 4 is 46.9 Å². The minimum absolute atomic E-state index is 0.0667. The summed E-state index contributed by atoms with van der Waals surface area (Å²) < 4.78 is 12.0. The molecule has 4 amide bonds. The first kappa shape index (κ1) is 34.2. The average molecular weight is 724 g/mol. The van der Waals surface area contributed by atoms with Crippen LogP contribution in [0.2, 0.25) is 5.02 Å². The van der Waals surface area contributed by atoms with E-state index >= 15 is 0 Å². The van der Waals surface area contributed by atoms with Crippen molar-refractivity contribution in [2.75, 3.05) is 29.5 Å². The highest BCUT2D eigenvalue weighted by Gasteiger charge is 2.40. The van der Waals surface area contributed by atoms with Gasteiger partial charge in [0, 0.05) is 30.6 Å². The lowest BCUT2D eigenvalue weighted by atomic mass is 9.76. The molecule has 9 heteroatoms. The predicted molar refractivity (Wildman–Crippen MR) is 207 cm³/mol. The lowest BCUT2D eigenvalue weighted by molar-refractivity contribution is -0.122. The second kappa shape index (κ2) is 14.6. The van der Waals surface area contributed by atoms with E-state index < -0.39 is 17.8 Å². The lowest BCUT2D eigenvalue weighted by Gasteiger charge is -2.44. The zero-order valence-electron chi connectivity index (χ0n) is 29.3. The summed E-state index contributed by atoms with van der Waals surface area (Å²) >= 11 is 6.73. The molecular formula is C44H38ClN3O5. The minimum Gasteiger partial charge on any atom is -0.490 e. The van der Waals surface area contributed by atoms with Crippen molar-refractivity contribution < 1.29 is 23.9 Å². The Labute approximate surface area is 313 Å². The number of nitrogens with one attached hydrogen (secondary N) is 1. The molecule has 3 heterocycles. The number of halogens is 1. The molecule has 3 aliphatic heterocycles. The highest BCUT2D eigenvalue weighted by atomic mass is 35.5. The third-order valence-corrected chi connectivity index (χ3v) is 10.5. The normalized spacial score (nSPS) is 18.8. The van der Waals surface area contributed by atoms with Crippen molar-refractivity contribution in [1.82, 2.24) is 5.32 Å². The fourth-order valence-corrected chi connectivity index (χ4v) is 8.10. The Morgan fingerprint density at radius 1 is 0.774 bits per heavy atom. The van der Waals surface area contributed by atoms with Crippen molar-refractivity contribution in [1.29, 1.82) is 0 Å². The fourth-order valence-electron chi connectivity index (χ4n) is 7.83. The van der Waals surface area contributed by atoms with Crippen LogP contribution in [0, 0.1) is 0 Å². The van der Waals surface area contributed by atoms with Gasteiger partial charge in [-0.25, -0.2) is 9.69 Å². The van der Waals surface area contributed by atoms with E-state index in [0.717, 1.165) is 47.5 Å². The number of nitrogens with zero attached hydrogens (tertiary/aromatic N) is 2. The van der Waals surface area contributed by atoms with Crippen molar-refractivity contribution in [3.05, 3.63) is 159 Å². The molecule has 0 aromatic heterocycles. The molecule has 2 atom stereocenters. The molecule has 0 unspecified atom stereocenters. The van der Waals surface area contributed by atoms with E-state index in [2.05, 4.69) is 34.5 Å². The Balaban J connectivity index is 1.20. The predicted octanol–water partition coefficient (Wildman–Crippen LogP) is 8.86. The summed E-state index contributed by atoms with van der Waals surface area (Å²) in [5.74, 6) is -0.649. The van der Waals surface area contributed by atoms with Gasteiger partial charge in [0.2, 0.25) is 0 Å². The van der Waals surface area contributed by atoms with Crippen LogP contribution in [-0.2, 0) is 16.2 Å². The van der Waals surface area contributed by atoms with E-state index in [1.54, 1.807) is 12.1 Å². The van der Waals surface area contributed by atoms with Crippen LogP contribution in [0.5, 0.6) is 11.5 Å². The molecule has 1 N–H and O–H groups in total. The number of benzene rings is 5. The lowest BCUT2D eigenvalue weighted by Crippen LogP contribution is -2.54. The number of urea groups is 1. The molecule has 266 valence electrons. The van der Waals surface area contributed by atoms with Gasteiger partial charge in [-0.3, -0.25) is 14.9 Å². The van der Waals surface area contributed by atoms with Crippen LogP contribution >= 0.6 is 11.6 Å². The van der Waals surface area contributed by atoms with Gasteiger partial charge in [0.25, 0.3) is 11.8 Å². The summed E-state index contributed by atoms with van der Waals surface area (Å²) in [7, 11) is 0. The van der Waals surface area contributed by atoms with Gasteiger partial charge >= 0.3 is 6.03 Å². The molecule has 8 rings (SSSR count). The van der Waals surface area contributed by atoms with Gasteiger partial charge in [-0.1, -0.05) is 103 Å². The maximum atomic E-state index is 14.4. The van der Waals surface area contributed by atoms with Gasteiger partial charge in [-0.15, -0.1) is 0 Å². The molecule has 5 aromatic carbocycles.